The van der Waals surface area contributed by atoms with E-state index in [9.17, 15) is 14.4 Å². The van der Waals surface area contributed by atoms with Crippen LogP contribution < -0.4 is 16.0 Å². The van der Waals surface area contributed by atoms with Gasteiger partial charge in [0.25, 0.3) is 0 Å². The summed E-state index contributed by atoms with van der Waals surface area (Å²) in [4.78, 5) is 38.8. The van der Waals surface area contributed by atoms with Crippen LogP contribution in [0.25, 0.3) is 0 Å². The molecule has 0 radical (unpaired) electrons. The Morgan fingerprint density at radius 3 is 3.10 bits per heavy atom. The first-order chi connectivity index (χ1) is 10.1. The number of imidazole rings is 1. The zero-order chi connectivity index (χ0) is 15.2. The van der Waals surface area contributed by atoms with Crippen LogP contribution in [0.1, 0.15) is 32.0 Å². The zero-order valence-electron chi connectivity index (χ0n) is 11.9. The summed E-state index contributed by atoms with van der Waals surface area (Å²) in [5, 5.41) is 7.35. The third-order valence-corrected chi connectivity index (χ3v) is 3.22. The van der Waals surface area contributed by atoms with Crippen molar-refractivity contribution in [2.45, 2.75) is 45.3 Å². The van der Waals surface area contributed by atoms with Crippen molar-refractivity contribution in [1.29, 1.82) is 0 Å². The predicted molar refractivity (Wildman–Crippen MR) is 74.1 cm³/mol. The van der Waals surface area contributed by atoms with Gasteiger partial charge >= 0.3 is 6.03 Å². The van der Waals surface area contributed by atoms with E-state index in [0.717, 1.165) is 18.8 Å². The third kappa shape index (κ3) is 4.04. The van der Waals surface area contributed by atoms with Crippen molar-refractivity contribution in [3.05, 3.63) is 18.2 Å². The van der Waals surface area contributed by atoms with Crippen molar-refractivity contribution in [2.24, 2.45) is 0 Å². The first-order valence-corrected chi connectivity index (χ1v) is 6.98. The normalized spacial score (nSPS) is 18.6. The molecule has 0 saturated carbocycles. The molecule has 4 amide bonds. The zero-order valence-corrected chi connectivity index (χ0v) is 11.9. The Morgan fingerprint density at radius 2 is 2.33 bits per heavy atom. The van der Waals surface area contributed by atoms with Crippen molar-refractivity contribution in [3.8, 4) is 0 Å². The maximum Gasteiger partial charge on any atom is 0.322 e. The molecule has 21 heavy (non-hydrogen) atoms. The van der Waals surface area contributed by atoms with E-state index in [-0.39, 0.29) is 24.7 Å². The van der Waals surface area contributed by atoms with E-state index >= 15 is 0 Å². The number of carbonyl (C=O) groups excluding carboxylic acids is 3. The van der Waals surface area contributed by atoms with Gasteiger partial charge in [0.05, 0.1) is 6.54 Å². The van der Waals surface area contributed by atoms with E-state index in [1.807, 2.05) is 10.8 Å². The fourth-order valence-electron chi connectivity index (χ4n) is 2.17. The summed E-state index contributed by atoms with van der Waals surface area (Å²) in [6.45, 7) is 3.19. The van der Waals surface area contributed by atoms with Crippen LogP contribution in [0.5, 0.6) is 0 Å². The summed E-state index contributed by atoms with van der Waals surface area (Å²) >= 11 is 0. The van der Waals surface area contributed by atoms with E-state index in [1.165, 1.54) is 0 Å². The number of aromatic nitrogens is 2. The van der Waals surface area contributed by atoms with Gasteiger partial charge in [-0.3, -0.25) is 14.9 Å². The van der Waals surface area contributed by atoms with Crippen LogP contribution >= 0.6 is 0 Å². The highest BCUT2D eigenvalue weighted by atomic mass is 16.2. The van der Waals surface area contributed by atoms with Gasteiger partial charge in [-0.05, 0) is 12.8 Å². The second-order valence-corrected chi connectivity index (χ2v) is 4.87. The lowest BCUT2D eigenvalue weighted by molar-refractivity contribution is -0.123. The summed E-state index contributed by atoms with van der Waals surface area (Å²) in [6.07, 6.45) is 4.95. The molecule has 0 aliphatic carbocycles. The van der Waals surface area contributed by atoms with Crippen molar-refractivity contribution < 1.29 is 14.4 Å². The molecule has 114 valence electrons. The predicted octanol–water partition coefficient (Wildman–Crippen LogP) is -0.102. The van der Waals surface area contributed by atoms with Crippen molar-refractivity contribution >= 4 is 17.8 Å². The van der Waals surface area contributed by atoms with Gasteiger partial charge in [-0.25, -0.2) is 9.78 Å². The molecule has 8 heteroatoms. The van der Waals surface area contributed by atoms with Gasteiger partial charge in [0.2, 0.25) is 11.8 Å². The highest BCUT2D eigenvalue weighted by Crippen LogP contribution is 2.03. The second kappa shape index (κ2) is 6.87. The molecule has 8 nitrogen and oxygen atoms in total. The lowest BCUT2D eigenvalue weighted by Gasteiger charge is -2.15. The Hall–Kier alpha value is -2.38. The first-order valence-electron chi connectivity index (χ1n) is 6.98. The van der Waals surface area contributed by atoms with Gasteiger partial charge in [-0.15, -0.1) is 0 Å². The van der Waals surface area contributed by atoms with Crippen LogP contribution in [0.3, 0.4) is 0 Å². The number of rotatable bonds is 5. The molecule has 0 aromatic carbocycles. The minimum Gasteiger partial charge on any atom is -0.347 e. The fraction of sp³-hybridized carbons (Fsp3) is 0.538. The SMILES string of the molecule is CCCn1ccnc1CNC(=O)[C@H]1CCC(=O)NC(=O)N1. The molecule has 0 unspecified atom stereocenters. The number of imide groups is 1. The second-order valence-electron chi connectivity index (χ2n) is 4.87. The summed E-state index contributed by atoms with van der Waals surface area (Å²) in [5.41, 5.74) is 0. The summed E-state index contributed by atoms with van der Waals surface area (Å²) in [6, 6.07) is -1.34. The molecule has 1 aliphatic rings. The quantitative estimate of drug-likeness (QED) is 0.705. The van der Waals surface area contributed by atoms with E-state index in [0.29, 0.717) is 6.54 Å². The number of hydrogen-bond donors (Lipinski definition) is 3. The Bertz CT molecular complexity index is 540. The van der Waals surface area contributed by atoms with E-state index in [2.05, 4.69) is 27.9 Å². The maximum atomic E-state index is 12.1. The molecule has 3 N–H and O–H groups in total. The van der Waals surface area contributed by atoms with E-state index in [1.54, 1.807) is 6.20 Å². The summed E-state index contributed by atoms with van der Waals surface area (Å²) < 4.78 is 1.97. The fourth-order valence-corrected chi connectivity index (χ4v) is 2.17. The topological polar surface area (TPSA) is 105 Å². The van der Waals surface area contributed by atoms with Gasteiger partial charge in [-0.1, -0.05) is 6.92 Å². The molecule has 1 fully saturated rings. The molecule has 1 atom stereocenters. The standard InChI is InChI=1S/C13H19N5O3/c1-2-6-18-7-5-14-10(18)8-15-12(20)9-3-4-11(19)17-13(21)16-9/h5,7,9H,2-4,6,8H2,1H3,(H,15,20)(H2,16,17,19,21)/t9-/m1/s1. The number of carbonyl (C=O) groups is 3. The van der Waals surface area contributed by atoms with Crippen molar-refractivity contribution in [1.82, 2.24) is 25.5 Å². The van der Waals surface area contributed by atoms with Crippen molar-refractivity contribution in [3.63, 3.8) is 0 Å². The van der Waals surface area contributed by atoms with E-state index < -0.39 is 12.1 Å². The molecule has 1 aromatic heterocycles. The number of nitrogens with zero attached hydrogens (tertiary/aromatic N) is 2. The van der Waals surface area contributed by atoms with Crippen LogP contribution in [0.15, 0.2) is 12.4 Å². The number of amides is 4. The number of nitrogens with one attached hydrogen (secondary N) is 3. The molecule has 0 spiro atoms. The Kier molecular flexibility index (Phi) is 4.91. The molecule has 2 heterocycles. The lowest BCUT2D eigenvalue weighted by atomic mass is 10.1. The van der Waals surface area contributed by atoms with Crippen LogP contribution in [-0.4, -0.2) is 33.4 Å². The third-order valence-electron chi connectivity index (χ3n) is 3.22. The Morgan fingerprint density at radius 1 is 1.52 bits per heavy atom. The number of urea groups is 1. The van der Waals surface area contributed by atoms with Gasteiger partial charge < -0.3 is 15.2 Å². The molecular weight excluding hydrogens is 274 g/mol. The summed E-state index contributed by atoms with van der Waals surface area (Å²) in [5.74, 6) is 0.0755. The highest BCUT2D eigenvalue weighted by Gasteiger charge is 2.25. The number of aryl methyl sites for hydroxylation is 1. The smallest absolute Gasteiger partial charge is 0.322 e. The summed E-state index contributed by atoms with van der Waals surface area (Å²) in [7, 11) is 0. The molecule has 1 aliphatic heterocycles. The minimum absolute atomic E-state index is 0.140. The van der Waals surface area contributed by atoms with Gasteiger partial charge in [0.15, 0.2) is 0 Å². The monoisotopic (exact) mass is 293 g/mol. The average molecular weight is 293 g/mol. The Balaban J connectivity index is 1.90. The van der Waals surface area contributed by atoms with Gasteiger partial charge in [-0.2, -0.15) is 0 Å². The minimum atomic E-state index is -0.703. The van der Waals surface area contributed by atoms with E-state index in [4.69, 9.17) is 0 Å². The van der Waals surface area contributed by atoms with Crippen molar-refractivity contribution in [2.75, 3.05) is 0 Å². The van der Waals surface area contributed by atoms with Gasteiger partial charge in [0.1, 0.15) is 11.9 Å². The van der Waals surface area contributed by atoms with Crippen LogP contribution in [0.2, 0.25) is 0 Å². The lowest BCUT2D eigenvalue weighted by Crippen LogP contribution is -2.48. The molecular formula is C13H19N5O3. The van der Waals surface area contributed by atoms with Crippen LogP contribution in [0.4, 0.5) is 4.79 Å². The largest absolute Gasteiger partial charge is 0.347 e. The molecule has 0 bridgehead atoms. The van der Waals surface area contributed by atoms with Crippen LogP contribution in [-0.2, 0) is 22.7 Å². The average Bonchev–Trinajstić information content (AvgIpc) is 2.80. The van der Waals surface area contributed by atoms with Gasteiger partial charge in [0, 0.05) is 25.4 Å². The Labute approximate surface area is 122 Å². The molecule has 1 saturated heterocycles. The van der Waals surface area contributed by atoms with Crippen LogP contribution in [0, 0.1) is 0 Å². The maximum absolute atomic E-state index is 12.1. The molecule has 1 aromatic rings. The highest BCUT2D eigenvalue weighted by molar-refractivity contribution is 5.98. The first kappa shape index (κ1) is 15.0. The molecule has 2 rings (SSSR count). The number of hydrogen-bond acceptors (Lipinski definition) is 4.